The fourth-order valence-electron chi connectivity index (χ4n) is 1.17. The summed E-state index contributed by atoms with van der Waals surface area (Å²) in [5, 5.41) is 0. The SMILES string of the molecule is C=C(C)C(=O)OCc1ccc(C(C)(F)F)cc1. The van der Waals surface area contributed by atoms with Crippen LogP contribution in [0.5, 0.6) is 0 Å². The molecular weight excluding hydrogens is 226 g/mol. The summed E-state index contributed by atoms with van der Waals surface area (Å²) in [7, 11) is 0. The highest BCUT2D eigenvalue weighted by Crippen LogP contribution is 2.26. The first-order valence-electron chi connectivity index (χ1n) is 5.10. The van der Waals surface area contributed by atoms with Crippen LogP contribution in [0.4, 0.5) is 8.78 Å². The lowest BCUT2D eigenvalue weighted by molar-refractivity contribution is -0.140. The molecule has 0 saturated heterocycles. The van der Waals surface area contributed by atoms with E-state index < -0.39 is 11.9 Å². The van der Waals surface area contributed by atoms with Crippen molar-refractivity contribution in [2.75, 3.05) is 0 Å². The Morgan fingerprint density at radius 1 is 1.35 bits per heavy atom. The van der Waals surface area contributed by atoms with E-state index in [2.05, 4.69) is 6.58 Å². The van der Waals surface area contributed by atoms with E-state index in [0.717, 1.165) is 6.92 Å². The zero-order valence-corrected chi connectivity index (χ0v) is 9.80. The smallest absolute Gasteiger partial charge is 0.333 e. The third-order valence-corrected chi connectivity index (χ3v) is 2.18. The minimum Gasteiger partial charge on any atom is -0.457 e. The Morgan fingerprint density at radius 3 is 2.29 bits per heavy atom. The van der Waals surface area contributed by atoms with E-state index in [9.17, 15) is 13.6 Å². The van der Waals surface area contributed by atoms with Gasteiger partial charge in [0.1, 0.15) is 6.61 Å². The Labute approximate surface area is 98.9 Å². The van der Waals surface area contributed by atoms with Crippen molar-refractivity contribution in [3.8, 4) is 0 Å². The highest BCUT2D eigenvalue weighted by Gasteiger charge is 2.23. The molecule has 0 N–H and O–H groups in total. The second-order valence-corrected chi connectivity index (χ2v) is 3.94. The maximum Gasteiger partial charge on any atom is 0.333 e. The van der Waals surface area contributed by atoms with Crippen molar-refractivity contribution in [2.24, 2.45) is 0 Å². The summed E-state index contributed by atoms with van der Waals surface area (Å²) in [6, 6.07) is 5.67. The number of benzene rings is 1. The summed E-state index contributed by atoms with van der Waals surface area (Å²) < 4.78 is 30.7. The van der Waals surface area contributed by atoms with Gasteiger partial charge in [-0.05, 0) is 12.5 Å². The number of ether oxygens (including phenoxy) is 1. The molecule has 0 amide bonds. The van der Waals surface area contributed by atoms with Gasteiger partial charge in [-0.15, -0.1) is 0 Å². The molecule has 0 aromatic heterocycles. The monoisotopic (exact) mass is 240 g/mol. The molecule has 1 rings (SSSR count). The third-order valence-electron chi connectivity index (χ3n) is 2.18. The van der Waals surface area contributed by atoms with Crippen LogP contribution in [0.25, 0.3) is 0 Å². The molecule has 0 aliphatic rings. The van der Waals surface area contributed by atoms with Crippen LogP contribution in [-0.4, -0.2) is 5.97 Å². The molecule has 0 atom stereocenters. The summed E-state index contributed by atoms with van der Waals surface area (Å²) in [6.07, 6.45) is 0. The zero-order valence-electron chi connectivity index (χ0n) is 9.80. The van der Waals surface area contributed by atoms with Gasteiger partial charge in [0.05, 0.1) is 0 Å². The van der Waals surface area contributed by atoms with Gasteiger partial charge < -0.3 is 4.74 Å². The summed E-state index contributed by atoms with van der Waals surface area (Å²) in [5.74, 6) is -3.35. The van der Waals surface area contributed by atoms with E-state index in [4.69, 9.17) is 4.74 Å². The van der Waals surface area contributed by atoms with Gasteiger partial charge in [0.15, 0.2) is 0 Å². The molecule has 17 heavy (non-hydrogen) atoms. The highest BCUT2D eigenvalue weighted by atomic mass is 19.3. The predicted octanol–water partition coefficient (Wildman–Crippen LogP) is 3.42. The fraction of sp³-hybridized carbons (Fsp3) is 0.308. The highest BCUT2D eigenvalue weighted by molar-refractivity contribution is 5.86. The van der Waals surface area contributed by atoms with Crippen LogP contribution in [0.3, 0.4) is 0 Å². The minimum atomic E-state index is -2.85. The largest absolute Gasteiger partial charge is 0.457 e. The van der Waals surface area contributed by atoms with Crippen LogP contribution in [0.1, 0.15) is 25.0 Å². The van der Waals surface area contributed by atoms with Crippen LogP contribution in [0, 0.1) is 0 Å². The molecule has 92 valence electrons. The van der Waals surface area contributed by atoms with Crippen LogP contribution in [-0.2, 0) is 22.1 Å². The molecule has 0 bridgehead atoms. The first-order valence-corrected chi connectivity index (χ1v) is 5.10. The van der Waals surface area contributed by atoms with Crippen LogP contribution in [0.2, 0.25) is 0 Å². The number of carbonyl (C=O) groups is 1. The van der Waals surface area contributed by atoms with Gasteiger partial charge in [0, 0.05) is 18.1 Å². The van der Waals surface area contributed by atoms with E-state index in [0.29, 0.717) is 11.1 Å². The molecule has 1 aromatic carbocycles. The molecule has 0 aliphatic carbocycles. The van der Waals surface area contributed by atoms with Gasteiger partial charge in [-0.25, -0.2) is 13.6 Å². The number of rotatable bonds is 4. The van der Waals surface area contributed by atoms with Gasteiger partial charge in [-0.3, -0.25) is 0 Å². The number of alkyl halides is 2. The molecule has 0 spiro atoms. The first-order chi connectivity index (χ1) is 7.80. The number of carbonyl (C=O) groups excluding carboxylic acids is 1. The standard InChI is InChI=1S/C13H14F2O2/c1-9(2)12(16)17-8-10-4-6-11(7-5-10)13(3,14)15/h4-7H,1,8H2,2-3H3. The van der Waals surface area contributed by atoms with Crippen molar-refractivity contribution in [3.63, 3.8) is 0 Å². The van der Waals surface area contributed by atoms with E-state index >= 15 is 0 Å². The lowest BCUT2D eigenvalue weighted by Gasteiger charge is -2.11. The van der Waals surface area contributed by atoms with E-state index in [1.165, 1.54) is 24.3 Å². The van der Waals surface area contributed by atoms with Gasteiger partial charge in [-0.2, -0.15) is 0 Å². The van der Waals surface area contributed by atoms with Crippen LogP contribution >= 0.6 is 0 Å². The zero-order chi connectivity index (χ0) is 13.1. The average molecular weight is 240 g/mol. The summed E-state index contributed by atoms with van der Waals surface area (Å²) in [6.45, 7) is 5.88. The van der Waals surface area contributed by atoms with Crippen molar-refractivity contribution in [2.45, 2.75) is 26.4 Å². The molecule has 4 heteroatoms. The fourth-order valence-corrected chi connectivity index (χ4v) is 1.17. The Morgan fingerprint density at radius 2 is 1.88 bits per heavy atom. The third kappa shape index (κ3) is 3.98. The Kier molecular flexibility index (Phi) is 3.99. The van der Waals surface area contributed by atoms with Gasteiger partial charge in [0.2, 0.25) is 0 Å². The maximum atomic E-state index is 12.9. The molecule has 0 saturated carbocycles. The number of hydrogen-bond donors (Lipinski definition) is 0. The Hall–Kier alpha value is -1.71. The lowest BCUT2D eigenvalue weighted by Crippen LogP contribution is -2.08. The van der Waals surface area contributed by atoms with Crippen LogP contribution in [0.15, 0.2) is 36.4 Å². The molecule has 2 nitrogen and oxygen atoms in total. The van der Waals surface area contributed by atoms with Crippen molar-refractivity contribution in [1.29, 1.82) is 0 Å². The molecule has 0 fully saturated rings. The number of hydrogen-bond acceptors (Lipinski definition) is 2. The maximum absolute atomic E-state index is 12.9. The Bertz CT molecular complexity index is 416. The molecular formula is C13H14F2O2. The Balaban J connectivity index is 2.63. The minimum absolute atomic E-state index is 0.0568. The van der Waals surface area contributed by atoms with Crippen molar-refractivity contribution >= 4 is 5.97 Å². The molecule has 0 radical (unpaired) electrons. The summed E-state index contributed by atoms with van der Waals surface area (Å²) >= 11 is 0. The van der Waals surface area contributed by atoms with E-state index in [-0.39, 0.29) is 12.2 Å². The second kappa shape index (κ2) is 5.08. The second-order valence-electron chi connectivity index (χ2n) is 3.94. The molecule has 1 aromatic rings. The van der Waals surface area contributed by atoms with Crippen molar-refractivity contribution < 1.29 is 18.3 Å². The topological polar surface area (TPSA) is 26.3 Å². The molecule has 0 heterocycles. The van der Waals surface area contributed by atoms with Gasteiger partial charge in [0.25, 0.3) is 5.92 Å². The lowest BCUT2D eigenvalue weighted by atomic mass is 10.1. The normalized spacial score (nSPS) is 11.1. The van der Waals surface area contributed by atoms with Crippen molar-refractivity contribution in [3.05, 3.63) is 47.5 Å². The number of esters is 1. The van der Waals surface area contributed by atoms with E-state index in [1.807, 2.05) is 0 Å². The average Bonchev–Trinajstić information content (AvgIpc) is 2.25. The van der Waals surface area contributed by atoms with Crippen LogP contribution < -0.4 is 0 Å². The predicted molar refractivity (Wildman–Crippen MR) is 60.6 cm³/mol. The first kappa shape index (κ1) is 13.4. The summed E-state index contributed by atoms with van der Waals surface area (Å²) in [5.41, 5.74) is 0.904. The van der Waals surface area contributed by atoms with Gasteiger partial charge in [-0.1, -0.05) is 30.8 Å². The quantitative estimate of drug-likeness (QED) is 0.595. The molecule has 0 unspecified atom stereocenters. The van der Waals surface area contributed by atoms with E-state index in [1.54, 1.807) is 6.92 Å². The summed E-state index contributed by atoms with van der Waals surface area (Å²) in [4.78, 5) is 11.1. The number of halogens is 2. The van der Waals surface area contributed by atoms with Crippen molar-refractivity contribution in [1.82, 2.24) is 0 Å². The molecule has 0 aliphatic heterocycles. The van der Waals surface area contributed by atoms with Gasteiger partial charge >= 0.3 is 5.97 Å².